The maximum absolute atomic E-state index is 2.42. The largest absolute Gasteiger partial charge is 0.0588 e. The van der Waals surface area contributed by atoms with Crippen molar-refractivity contribution in [3.05, 3.63) is 5.92 Å². The van der Waals surface area contributed by atoms with E-state index in [0.717, 1.165) is 0 Å². The van der Waals surface area contributed by atoms with Crippen molar-refractivity contribution >= 4 is 0 Å². The molecular formula is C14H27. The van der Waals surface area contributed by atoms with Crippen LogP contribution in [0.2, 0.25) is 0 Å². The minimum absolute atomic E-state index is 0.333. The fourth-order valence-corrected chi connectivity index (χ4v) is 3.28. The molecule has 0 aromatic carbocycles. The molecule has 1 radical (unpaired) electrons. The molecule has 0 saturated heterocycles. The van der Waals surface area contributed by atoms with Crippen LogP contribution in [-0.4, -0.2) is 0 Å². The summed E-state index contributed by atoms with van der Waals surface area (Å²) >= 11 is 0. The zero-order chi connectivity index (χ0) is 11.6. The zero-order valence-electron chi connectivity index (χ0n) is 11.5. The molecule has 0 aromatic heterocycles. The van der Waals surface area contributed by atoms with Crippen molar-refractivity contribution < 1.29 is 0 Å². The highest BCUT2D eigenvalue weighted by Crippen LogP contribution is 2.73. The van der Waals surface area contributed by atoms with Crippen molar-refractivity contribution in [1.29, 1.82) is 0 Å². The Morgan fingerprint density at radius 3 is 0.857 bits per heavy atom. The Morgan fingerprint density at radius 2 is 0.786 bits per heavy atom. The molecule has 1 fully saturated rings. The van der Waals surface area contributed by atoms with Gasteiger partial charge < -0.3 is 0 Å². The van der Waals surface area contributed by atoms with E-state index in [1.54, 1.807) is 5.92 Å². The minimum atomic E-state index is 0.333. The van der Waals surface area contributed by atoms with Crippen LogP contribution >= 0.6 is 0 Å². The first-order valence-corrected chi connectivity index (χ1v) is 5.75. The highest BCUT2D eigenvalue weighted by Gasteiger charge is 2.66. The smallest absolute Gasteiger partial charge is 0.0148 e. The van der Waals surface area contributed by atoms with Crippen molar-refractivity contribution in [2.75, 3.05) is 0 Å². The number of rotatable bonds is 0. The fourth-order valence-electron chi connectivity index (χ4n) is 3.28. The molecule has 1 saturated carbocycles. The van der Waals surface area contributed by atoms with Crippen LogP contribution in [0.3, 0.4) is 0 Å². The summed E-state index contributed by atoms with van der Waals surface area (Å²) < 4.78 is 0. The van der Waals surface area contributed by atoms with E-state index in [1.807, 2.05) is 0 Å². The topological polar surface area (TPSA) is 0 Å². The van der Waals surface area contributed by atoms with E-state index in [2.05, 4.69) is 62.3 Å². The molecule has 0 atom stereocenters. The van der Waals surface area contributed by atoms with Gasteiger partial charge in [-0.2, -0.15) is 0 Å². The van der Waals surface area contributed by atoms with E-state index in [4.69, 9.17) is 0 Å². The van der Waals surface area contributed by atoms with Crippen LogP contribution in [0.1, 0.15) is 62.3 Å². The van der Waals surface area contributed by atoms with Gasteiger partial charge in [0.1, 0.15) is 0 Å². The highest BCUT2D eigenvalue weighted by molar-refractivity contribution is 5.27. The average Bonchev–Trinajstić information content (AvgIpc) is 2.05. The zero-order valence-corrected chi connectivity index (χ0v) is 11.5. The van der Waals surface area contributed by atoms with Gasteiger partial charge in [0.15, 0.2) is 0 Å². The Kier molecular flexibility index (Phi) is 2.21. The summed E-state index contributed by atoms with van der Waals surface area (Å²) in [7, 11) is 0. The van der Waals surface area contributed by atoms with E-state index in [-0.39, 0.29) is 0 Å². The van der Waals surface area contributed by atoms with Gasteiger partial charge in [-0.05, 0) is 27.6 Å². The summed E-state index contributed by atoms with van der Waals surface area (Å²) in [6.45, 7) is 21.6. The molecular weight excluding hydrogens is 168 g/mol. The minimum Gasteiger partial charge on any atom is -0.0588 e. The molecule has 0 bridgehead atoms. The van der Waals surface area contributed by atoms with Gasteiger partial charge in [-0.25, -0.2) is 0 Å². The quantitative estimate of drug-likeness (QED) is 0.525. The lowest BCUT2D eigenvalue weighted by atomic mass is 9.57. The summed E-state index contributed by atoms with van der Waals surface area (Å²) in [5.41, 5.74) is 1.38. The van der Waals surface area contributed by atoms with Crippen LogP contribution in [0.15, 0.2) is 0 Å². The summed E-state index contributed by atoms with van der Waals surface area (Å²) in [6, 6.07) is 0. The van der Waals surface area contributed by atoms with Crippen LogP contribution in [0.25, 0.3) is 0 Å². The highest BCUT2D eigenvalue weighted by atomic mass is 14.7. The van der Waals surface area contributed by atoms with E-state index in [1.165, 1.54) is 0 Å². The second kappa shape index (κ2) is 2.57. The van der Waals surface area contributed by atoms with Gasteiger partial charge in [0.2, 0.25) is 0 Å². The van der Waals surface area contributed by atoms with E-state index in [9.17, 15) is 0 Å². The normalized spacial score (nSPS) is 33.2. The molecule has 14 heavy (non-hydrogen) atoms. The Balaban J connectivity index is 3.38. The van der Waals surface area contributed by atoms with Gasteiger partial charge >= 0.3 is 0 Å². The lowest BCUT2D eigenvalue weighted by molar-refractivity contribution is 0.0135. The van der Waals surface area contributed by atoms with Crippen LogP contribution in [-0.2, 0) is 0 Å². The first-order chi connectivity index (χ1) is 5.90. The lowest BCUT2D eigenvalue weighted by Crippen LogP contribution is -2.40. The van der Waals surface area contributed by atoms with Crippen LogP contribution in [0.4, 0.5) is 0 Å². The molecule has 83 valence electrons. The van der Waals surface area contributed by atoms with E-state index < -0.39 is 0 Å². The number of hydrogen-bond donors (Lipinski definition) is 0. The van der Waals surface area contributed by atoms with Crippen LogP contribution < -0.4 is 0 Å². The van der Waals surface area contributed by atoms with Gasteiger partial charge in [-0.1, -0.05) is 62.3 Å². The summed E-state index contributed by atoms with van der Waals surface area (Å²) in [5, 5.41) is 0. The van der Waals surface area contributed by atoms with Crippen LogP contribution in [0, 0.1) is 27.6 Å². The first kappa shape index (κ1) is 12.1. The van der Waals surface area contributed by atoms with E-state index >= 15 is 0 Å². The summed E-state index contributed by atoms with van der Waals surface area (Å²) in [6.07, 6.45) is 0. The monoisotopic (exact) mass is 195 g/mol. The lowest BCUT2D eigenvalue weighted by Gasteiger charge is -2.47. The van der Waals surface area contributed by atoms with Crippen molar-refractivity contribution in [2.24, 2.45) is 21.7 Å². The predicted molar refractivity (Wildman–Crippen MR) is 64.0 cm³/mol. The molecule has 0 amide bonds. The second-order valence-electron chi connectivity index (χ2n) is 7.12. The van der Waals surface area contributed by atoms with Gasteiger partial charge in [-0.15, -0.1) is 0 Å². The van der Waals surface area contributed by atoms with Crippen molar-refractivity contribution in [3.8, 4) is 0 Å². The third-order valence-electron chi connectivity index (χ3n) is 6.56. The third-order valence-corrected chi connectivity index (χ3v) is 6.56. The molecule has 1 aliphatic rings. The molecule has 0 N–H and O–H groups in total. The standard InChI is InChI=1S/C14H27/c1-10-11(2,3)13(6,7)14(8,9)12(10,4)5/h1-9H3. The fraction of sp³-hybridized carbons (Fsp3) is 0.929. The summed E-state index contributed by atoms with van der Waals surface area (Å²) in [5.74, 6) is 1.65. The van der Waals surface area contributed by atoms with E-state index in [0.29, 0.717) is 21.7 Å². The van der Waals surface area contributed by atoms with Gasteiger partial charge in [0.05, 0.1) is 0 Å². The Hall–Kier alpha value is 0. The Labute approximate surface area is 90.5 Å². The molecule has 1 aliphatic carbocycles. The third kappa shape index (κ3) is 0.955. The second-order valence-corrected chi connectivity index (χ2v) is 7.12. The summed E-state index contributed by atoms with van der Waals surface area (Å²) in [4.78, 5) is 0. The Bertz CT molecular complexity index is 215. The average molecular weight is 195 g/mol. The first-order valence-electron chi connectivity index (χ1n) is 5.75. The molecule has 0 aliphatic heterocycles. The molecule has 0 spiro atoms. The van der Waals surface area contributed by atoms with Gasteiger partial charge in [-0.3, -0.25) is 0 Å². The predicted octanol–water partition coefficient (Wildman–Crippen LogP) is 4.70. The Morgan fingerprint density at radius 1 is 0.571 bits per heavy atom. The molecule has 0 unspecified atom stereocenters. The van der Waals surface area contributed by atoms with Crippen molar-refractivity contribution in [2.45, 2.75) is 62.3 Å². The molecule has 0 heteroatoms. The molecule has 0 aromatic rings. The van der Waals surface area contributed by atoms with Gasteiger partial charge in [0.25, 0.3) is 0 Å². The van der Waals surface area contributed by atoms with Crippen molar-refractivity contribution in [3.63, 3.8) is 0 Å². The maximum Gasteiger partial charge on any atom is -0.0148 e. The molecule has 0 nitrogen and oxygen atoms in total. The SMILES string of the molecule is C[C]1C(C)(C)C(C)(C)C(C)(C)C1(C)C. The van der Waals surface area contributed by atoms with Crippen molar-refractivity contribution in [1.82, 2.24) is 0 Å². The van der Waals surface area contributed by atoms with Gasteiger partial charge in [0, 0.05) is 0 Å². The molecule has 0 heterocycles. The van der Waals surface area contributed by atoms with Crippen LogP contribution in [0.5, 0.6) is 0 Å². The number of hydrogen-bond acceptors (Lipinski definition) is 0. The molecule has 1 rings (SSSR count). The maximum atomic E-state index is 2.42.